The SMILES string of the molecule is COC(=O)C(C)(C)NC(=O)C(C)O. The number of aliphatic hydroxyl groups excluding tert-OH is 1. The van der Waals surface area contributed by atoms with Crippen molar-refractivity contribution in [2.24, 2.45) is 0 Å². The Morgan fingerprint density at radius 1 is 1.46 bits per heavy atom. The minimum absolute atomic E-state index is 0.554. The molecular formula is C8H15NO4. The van der Waals surface area contributed by atoms with Crippen molar-refractivity contribution in [1.82, 2.24) is 5.32 Å². The highest BCUT2D eigenvalue weighted by atomic mass is 16.5. The largest absolute Gasteiger partial charge is 0.467 e. The van der Waals surface area contributed by atoms with E-state index in [-0.39, 0.29) is 0 Å². The van der Waals surface area contributed by atoms with Crippen LogP contribution in [0.15, 0.2) is 0 Å². The Morgan fingerprint density at radius 2 is 1.92 bits per heavy atom. The van der Waals surface area contributed by atoms with Crippen LogP contribution in [0.1, 0.15) is 20.8 Å². The van der Waals surface area contributed by atoms with Crippen LogP contribution in [0.4, 0.5) is 0 Å². The van der Waals surface area contributed by atoms with Gasteiger partial charge in [0.2, 0.25) is 5.91 Å². The first-order valence-corrected chi connectivity index (χ1v) is 3.89. The molecule has 1 atom stereocenters. The molecule has 1 amide bonds. The summed E-state index contributed by atoms with van der Waals surface area (Å²) in [5, 5.41) is 11.2. The number of aliphatic hydroxyl groups is 1. The molecule has 13 heavy (non-hydrogen) atoms. The molecule has 0 bridgehead atoms. The van der Waals surface area contributed by atoms with Gasteiger partial charge in [-0.3, -0.25) is 4.79 Å². The van der Waals surface area contributed by atoms with E-state index in [1.165, 1.54) is 27.9 Å². The summed E-state index contributed by atoms with van der Waals surface area (Å²) in [7, 11) is 1.23. The number of nitrogens with one attached hydrogen (secondary N) is 1. The molecule has 5 heteroatoms. The normalized spacial score (nSPS) is 13.3. The number of amides is 1. The third kappa shape index (κ3) is 3.42. The molecule has 0 saturated carbocycles. The maximum Gasteiger partial charge on any atom is 0.330 e. The third-order valence-electron chi connectivity index (χ3n) is 1.51. The predicted molar refractivity (Wildman–Crippen MR) is 45.9 cm³/mol. The molecule has 0 fully saturated rings. The summed E-state index contributed by atoms with van der Waals surface area (Å²) in [4.78, 5) is 22.1. The van der Waals surface area contributed by atoms with Gasteiger partial charge in [-0.1, -0.05) is 0 Å². The van der Waals surface area contributed by atoms with E-state index in [4.69, 9.17) is 5.11 Å². The van der Waals surface area contributed by atoms with Gasteiger partial charge in [0.25, 0.3) is 0 Å². The molecule has 0 heterocycles. The molecule has 0 aromatic heterocycles. The minimum Gasteiger partial charge on any atom is -0.467 e. The summed E-state index contributed by atoms with van der Waals surface area (Å²) in [6.45, 7) is 4.32. The number of carbonyl (C=O) groups is 2. The number of ether oxygens (including phenoxy) is 1. The topological polar surface area (TPSA) is 75.6 Å². The van der Waals surface area contributed by atoms with Crippen molar-refractivity contribution in [3.8, 4) is 0 Å². The molecule has 0 aliphatic carbocycles. The zero-order chi connectivity index (χ0) is 10.6. The Labute approximate surface area is 77.1 Å². The Hall–Kier alpha value is -1.10. The molecule has 0 spiro atoms. The third-order valence-corrected chi connectivity index (χ3v) is 1.51. The molecule has 0 aromatic rings. The van der Waals surface area contributed by atoms with Crippen LogP contribution in [0.3, 0.4) is 0 Å². The number of methoxy groups -OCH3 is 1. The van der Waals surface area contributed by atoms with E-state index >= 15 is 0 Å². The number of hydrogen-bond acceptors (Lipinski definition) is 4. The van der Waals surface area contributed by atoms with Gasteiger partial charge in [-0.25, -0.2) is 4.79 Å². The molecule has 2 N–H and O–H groups in total. The summed E-state index contributed by atoms with van der Waals surface area (Å²) in [5.74, 6) is -1.16. The van der Waals surface area contributed by atoms with Crippen LogP contribution < -0.4 is 5.32 Å². The smallest absolute Gasteiger partial charge is 0.330 e. The van der Waals surface area contributed by atoms with Gasteiger partial charge >= 0.3 is 5.97 Å². The van der Waals surface area contributed by atoms with Gasteiger partial charge in [0.05, 0.1) is 7.11 Å². The van der Waals surface area contributed by atoms with Crippen LogP contribution in [0.25, 0.3) is 0 Å². The second-order valence-corrected chi connectivity index (χ2v) is 3.28. The second-order valence-electron chi connectivity index (χ2n) is 3.28. The lowest BCUT2D eigenvalue weighted by molar-refractivity contribution is -0.150. The van der Waals surface area contributed by atoms with Gasteiger partial charge in [0.15, 0.2) is 0 Å². The molecule has 0 saturated heterocycles. The van der Waals surface area contributed by atoms with Crippen LogP contribution in [0.5, 0.6) is 0 Å². The molecule has 0 aliphatic rings. The Bertz CT molecular complexity index is 210. The standard InChI is InChI=1S/C8H15NO4/c1-5(10)6(11)9-8(2,3)7(12)13-4/h5,10H,1-4H3,(H,9,11). The number of rotatable bonds is 3. The van der Waals surface area contributed by atoms with Gasteiger partial charge in [-0.15, -0.1) is 0 Å². The van der Waals surface area contributed by atoms with E-state index < -0.39 is 23.5 Å². The maximum absolute atomic E-state index is 11.1. The van der Waals surface area contributed by atoms with Gasteiger partial charge < -0.3 is 15.2 Å². The van der Waals surface area contributed by atoms with Crippen molar-refractivity contribution in [2.75, 3.05) is 7.11 Å². The summed E-state index contributed by atoms with van der Waals surface area (Å²) in [6, 6.07) is 0. The number of hydrogen-bond donors (Lipinski definition) is 2. The van der Waals surface area contributed by atoms with Crippen molar-refractivity contribution in [3.05, 3.63) is 0 Å². The Kier molecular flexibility index (Phi) is 3.87. The van der Waals surface area contributed by atoms with E-state index in [2.05, 4.69) is 10.1 Å². The maximum atomic E-state index is 11.1. The highest BCUT2D eigenvalue weighted by Gasteiger charge is 2.31. The molecule has 76 valence electrons. The van der Waals surface area contributed by atoms with Gasteiger partial charge in [0.1, 0.15) is 11.6 Å². The van der Waals surface area contributed by atoms with Crippen LogP contribution in [0.2, 0.25) is 0 Å². The average molecular weight is 189 g/mol. The zero-order valence-corrected chi connectivity index (χ0v) is 8.25. The van der Waals surface area contributed by atoms with Crippen LogP contribution >= 0.6 is 0 Å². The highest BCUT2D eigenvalue weighted by molar-refractivity contribution is 5.88. The first-order chi connectivity index (χ1) is 5.81. The van der Waals surface area contributed by atoms with Crippen molar-refractivity contribution >= 4 is 11.9 Å². The van der Waals surface area contributed by atoms with Crippen LogP contribution in [-0.2, 0) is 14.3 Å². The quantitative estimate of drug-likeness (QED) is 0.583. The van der Waals surface area contributed by atoms with E-state index in [9.17, 15) is 9.59 Å². The second kappa shape index (κ2) is 4.23. The first-order valence-electron chi connectivity index (χ1n) is 3.89. The highest BCUT2D eigenvalue weighted by Crippen LogP contribution is 2.04. The van der Waals surface area contributed by atoms with Gasteiger partial charge in [-0.2, -0.15) is 0 Å². The monoisotopic (exact) mass is 189 g/mol. The number of esters is 1. The van der Waals surface area contributed by atoms with Gasteiger partial charge in [0, 0.05) is 0 Å². The fraction of sp³-hybridized carbons (Fsp3) is 0.750. The molecule has 5 nitrogen and oxygen atoms in total. The molecule has 0 radical (unpaired) electrons. The molecule has 0 aromatic carbocycles. The molecule has 0 rings (SSSR count). The van der Waals surface area contributed by atoms with E-state index in [0.29, 0.717) is 0 Å². The summed E-state index contributed by atoms with van der Waals surface area (Å²) < 4.78 is 4.46. The number of carbonyl (C=O) groups excluding carboxylic acids is 2. The van der Waals surface area contributed by atoms with Crippen molar-refractivity contribution in [3.63, 3.8) is 0 Å². The fourth-order valence-corrected chi connectivity index (χ4v) is 0.719. The van der Waals surface area contributed by atoms with Crippen molar-refractivity contribution in [2.45, 2.75) is 32.4 Å². The van der Waals surface area contributed by atoms with Crippen LogP contribution in [0, 0.1) is 0 Å². The summed E-state index contributed by atoms with van der Waals surface area (Å²) in [5.41, 5.74) is -1.11. The minimum atomic E-state index is -1.14. The lowest BCUT2D eigenvalue weighted by atomic mass is 10.1. The van der Waals surface area contributed by atoms with Crippen molar-refractivity contribution < 1.29 is 19.4 Å². The fourth-order valence-electron chi connectivity index (χ4n) is 0.719. The lowest BCUT2D eigenvalue weighted by Gasteiger charge is -2.23. The van der Waals surface area contributed by atoms with E-state index in [1.54, 1.807) is 0 Å². The lowest BCUT2D eigenvalue weighted by Crippen LogP contribution is -2.52. The molecule has 1 unspecified atom stereocenters. The van der Waals surface area contributed by atoms with E-state index in [1.807, 2.05) is 0 Å². The molecular weight excluding hydrogens is 174 g/mol. The zero-order valence-electron chi connectivity index (χ0n) is 8.25. The first kappa shape index (κ1) is 11.9. The molecule has 0 aliphatic heterocycles. The van der Waals surface area contributed by atoms with Gasteiger partial charge in [-0.05, 0) is 20.8 Å². The van der Waals surface area contributed by atoms with Crippen LogP contribution in [-0.4, -0.2) is 35.7 Å². The Morgan fingerprint density at radius 3 is 2.23 bits per heavy atom. The summed E-state index contributed by atoms with van der Waals surface area (Å²) >= 11 is 0. The predicted octanol–water partition coefficient (Wildman–Crippen LogP) is -0.565. The average Bonchev–Trinajstić information content (AvgIpc) is 2.01. The Balaban J connectivity index is 4.33. The van der Waals surface area contributed by atoms with E-state index in [0.717, 1.165) is 0 Å². The summed E-state index contributed by atoms with van der Waals surface area (Å²) in [6.07, 6.45) is -1.14. The van der Waals surface area contributed by atoms with Crippen molar-refractivity contribution in [1.29, 1.82) is 0 Å².